The van der Waals surface area contributed by atoms with E-state index in [1.165, 1.54) is 44.2 Å². The molecule has 2 nitrogen and oxygen atoms in total. The topological polar surface area (TPSA) is 8.17 Å². The summed E-state index contributed by atoms with van der Waals surface area (Å²) in [5.74, 6) is 0. The number of allylic oxidation sites excluding steroid dienone is 15. The average Bonchev–Trinajstić information content (AvgIpc) is 3.52. The molecule has 1 aromatic heterocycles. The van der Waals surface area contributed by atoms with Crippen LogP contribution in [0.5, 0.6) is 0 Å². The summed E-state index contributed by atoms with van der Waals surface area (Å²) in [4.78, 5) is 2.27. The van der Waals surface area contributed by atoms with Gasteiger partial charge in [-0.1, -0.05) is 160 Å². The van der Waals surface area contributed by atoms with Gasteiger partial charge in [-0.2, -0.15) is 0 Å². The molecule has 0 atom stereocenters. The lowest BCUT2D eigenvalue weighted by Gasteiger charge is -2.20. The van der Waals surface area contributed by atoms with E-state index in [4.69, 9.17) is 0 Å². The van der Waals surface area contributed by atoms with Gasteiger partial charge in [0.05, 0.1) is 11.0 Å². The van der Waals surface area contributed by atoms with Crippen molar-refractivity contribution >= 4 is 40.0 Å². The molecule has 0 aliphatic carbocycles. The maximum absolute atomic E-state index is 4.26. The van der Waals surface area contributed by atoms with Crippen LogP contribution in [-0.4, -0.2) is 16.0 Å². The second-order valence-corrected chi connectivity index (χ2v) is 12.5. The first-order valence-electron chi connectivity index (χ1n) is 18.1. The summed E-state index contributed by atoms with van der Waals surface area (Å²) < 4.78 is 2.38. The van der Waals surface area contributed by atoms with Crippen molar-refractivity contribution in [3.05, 3.63) is 216 Å². The molecular formula is C50H50N2. The Labute approximate surface area is 310 Å². The number of rotatable bonds is 14. The van der Waals surface area contributed by atoms with Crippen molar-refractivity contribution in [2.75, 3.05) is 6.54 Å². The Bertz CT molecular complexity index is 2370. The Kier molecular flexibility index (Phi) is 13.4. The van der Waals surface area contributed by atoms with Crippen LogP contribution in [0.4, 0.5) is 0 Å². The van der Waals surface area contributed by atoms with Crippen LogP contribution >= 0.6 is 0 Å². The van der Waals surface area contributed by atoms with Crippen LogP contribution in [0.3, 0.4) is 0 Å². The van der Waals surface area contributed by atoms with Crippen molar-refractivity contribution in [1.29, 1.82) is 0 Å². The van der Waals surface area contributed by atoms with Gasteiger partial charge >= 0.3 is 0 Å². The summed E-state index contributed by atoms with van der Waals surface area (Å²) in [7, 11) is 0. The SMILES string of the molecule is C=C/C=C\C=C(/C)C(=C/C=C/N(C/C=C\C=C(/CC)c1cccc2c1c1ccccc1n2-c1ccccc1)C(/C=c1/ccccc1=C)=C/C)/C=C\C. The monoisotopic (exact) mass is 678 g/mol. The quantitative estimate of drug-likeness (QED) is 0.106. The van der Waals surface area contributed by atoms with Gasteiger partial charge in [0.25, 0.3) is 0 Å². The fraction of sp³-hybridized carbons (Fsp3) is 0.120. The van der Waals surface area contributed by atoms with E-state index in [1.54, 1.807) is 6.08 Å². The number of aromatic nitrogens is 1. The molecule has 260 valence electrons. The van der Waals surface area contributed by atoms with E-state index in [0.717, 1.165) is 28.1 Å². The predicted octanol–water partition coefficient (Wildman–Crippen LogP) is 11.9. The third kappa shape index (κ3) is 8.96. The van der Waals surface area contributed by atoms with E-state index in [-0.39, 0.29) is 0 Å². The summed E-state index contributed by atoms with van der Waals surface area (Å²) in [5, 5.41) is 4.66. The van der Waals surface area contributed by atoms with Crippen molar-refractivity contribution in [3.8, 4) is 5.69 Å². The fourth-order valence-electron chi connectivity index (χ4n) is 6.44. The van der Waals surface area contributed by atoms with E-state index >= 15 is 0 Å². The zero-order valence-corrected chi connectivity index (χ0v) is 31.0. The zero-order chi connectivity index (χ0) is 36.7. The van der Waals surface area contributed by atoms with Crippen LogP contribution in [0.1, 0.15) is 39.7 Å². The Morgan fingerprint density at radius 2 is 1.52 bits per heavy atom. The highest BCUT2D eigenvalue weighted by atomic mass is 15.1. The van der Waals surface area contributed by atoms with Gasteiger partial charge in [0.1, 0.15) is 0 Å². The van der Waals surface area contributed by atoms with Crippen LogP contribution in [0.15, 0.2) is 200 Å². The lowest BCUT2D eigenvalue weighted by Crippen LogP contribution is -2.25. The summed E-state index contributed by atoms with van der Waals surface area (Å²) in [5.41, 5.74) is 9.60. The molecule has 0 saturated heterocycles. The van der Waals surface area contributed by atoms with Crippen molar-refractivity contribution in [3.63, 3.8) is 0 Å². The maximum Gasteiger partial charge on any atom is 0.0547 e. The van der Waals surface area contributed by atoms with E-state index < -0.39 is 0 Å². The van der Waals surface area contributed by atoms with Crippen LogP contribution in [-0.2, 0) is 0 Å². The average molecular weight is 679 g/mol. The Morgan fingerprint density at radius 3 is 2.27 bits per heavy atom. The van der Waals surface area contributed by atoms with Crippen LogP contribution in [0.25, 0.3) is 45.7 Å². The molecule has 5 rings (SSSR count). The molecule has 2 heteroatoms. The molecule has 0 unspecified atom stereocenters. The highest BCUT2D eigenvalue weighted by Gasteiger charge is 2.16. The predicted molar refractivity (Wildman–Crippen MR) is 229 cm³/mol. The van der Waals surface area contributed by atoms with E-state index in [0.29, 0.717) is 6.54 Å². The minimum Gasteiger partial charge on any atom is -0.344 e. The molecule has 0 aliphatic heterocycles. The zero-order valence-electron chi connectivity index (χ0n) is 31.0. The lowest BCUT2D eigenvalue weighted by atomic mass is 9.97. The minimum atomic E-state index is 0.695. The molecule has 0 aliphatic rings. The molecule has 0 bridgehead atoms. The molecule has 0 N–H and O–H groups in total. The van der Waals surface area contributed by atoms with Crippen molar-refractivity contribution < 1.29 is 0 Å². The third-order valence-corrected chi connectivity index (χ3v) is 9.10. The normalized spacial score (nSPS) is 14.0. The second-order valence-electron chi connectivity index (χ2n) is 12.5. The Hall–Kier alpha value is -6.12. The number of para-hydroxylation sites is 2. The van der Waals surface area contributed by atoms with Crippen LogP contribution in [0, 0.1) is 0 Å². The summed E-state index contributed by atoms with van der Waals surface area (Å²) in [6, 6.07) is 34.3. The summed E-state index contributed by atoms with van der Waals surface area (Å²) >= 11 is 0. The van der Waals surface area contributed by atoms with Crippen molar-refractivity contribution in [2.45, 2.75) is 34.1 Å². The Balaban J connectivity index is 1.52. The largest absolute Gasteiger partial charge is 0.344 e. The third-order valence-electron chi connectivity index (χ3n) is 9.10. The minimum absolute atomic E-state index is 0.695. The molecular weight excluding hydrogens is 629 g/mol. The van der Waals surface area contributed by atoms with Gasteiger partial charge in [-0.05, 0) is 96.3 Å². The van der Waals surface area contributed by atoms with Crippen molar-refractivity contribution in [2.24, 2.45) is 0 Å². The smallest absolute Gasteiger partial charge is 0.0547 e. The van der Waals surface area contributed by atoms with Gasteiger partial charge in [0, 0.05) is 34.9 Å². The van der Waals surface area contributed by atoms with Gasteiger partial charge in [-0.15, -0.1) is 0 Å². The highest BCUT2D eigenvalue weighted by molar-refractivity contribution is 6.13. The highest BCUT2D eigenvalue weighted by Crippen LogP contribution is 2.37. The van der Waals surface area contributed by atoms with Crippen LogP contribution in [0.2, 0.25) is 0 Å². The number of fused-ring (bicyclic) bond motifs is 3. The first-order chi connectivity index (χ1) is 25.5. The van der Waals surface area contributed by atoms with E-state index in [1.807, 2.05) is 25.1 Å². The number of nitrogens with zero attached hydrogens (tertiary/aromatic N) is 2. The molecule has 5 aromatic rings. The molecule has 0 amide bonds. The number of benzene rings is 4. The molecule has 0 fully saturated rings. The standard InChI is InChI=1S/C50H50N2/c1-7-11-13-25-39(5)42(24-8-2)29-23-37-51(44(10-4)38-43-28-17-16-26-40(43)6)36-21-20-27-41(9-3)46-33-22-35-49-50(46)47-32-18-19-34-48(47)52(49)45-30-14-12-15-31-45/h7-8,10-35,37-38H,1,6,9,36H2,2-5H3/b13-11-,21-20-,24-8-,37-23+,39-25+,41-27+,42-29+,43-38-,44-10+. The lowest BCUT2D eigenvalue weighted by molar-refractivity contribution is 0.539. The van der Waals surface area contributed by atoms with Gasteiger partial charge in [-0.3, -0.25) is 0 Å². The number of hydrogen-bond acceptors (Lipinski definition) is 1. The fourth-order valence-corrected chi connectivity index (χ4v) is 6.44. The summed E-state index contributed by atoms with van der Waals surface area (Å²) in [6.07, 6.45) is 30.5. The van der Waals surface area contributed by atoms with Gasteiger partial charge < -0.3 is 9.47 Å². The first kappa shape index (κ1) is 37.1. The molecule has 0 spiro atoms. The van der Waals surface area contributed by atoms with E-state index in [9.17, 15) is 0 Å². The molecule has 52 heavy (non-hydrogen) atoms. The molecule has 0 radical (unpaired) electrons. The molecule has 4 aromatic carbocycles. The summed E-state index contributed by atoms with van der Waals surface area (Å²) in [6.45, 7) is 17.2. The maximum atomic E-state index is 4.26. The number of hydrogen-bond donors (Lipinski definition) is 0. The van der Waals surface area contributed by atoms with Crippen molar-refractivity contribution in [1.82, 2.24) is 9.47 Å². The van der Waals surface area contributed by atoms with Crippen LogP contribution < -0.4 is 10.4 Å². The molecule has 1 heterocycles. The van der Waals surface area contributed by atoms with Gasteiger partial charge in [-0.25, -0.2) is 0 Å². The van der Waals surface area contributed by atoms with E-state index in [2.05, 4.69) is 201 Å². The Morgan fingerprint density at radius 1 is 0.769 bits per heavy atom. The van der Waals surface area contributed by atoms with Gasteiger partial charge in [0.2, 0.25) is 0 Å². The first-order valence-corrected chi connectivity index (χ1v) is 18.1. The van der Waals surface area contributed by atoms with Gasteiger partial charge in [0.15, 0.2) is 0 Å². The molecule has 0 saturated carbocycles. The second kappa shape index (κ2) is 18.8.